The first kappa shape index (κ1) is 11.2. The summed E-state index contributed by atoms with van der Waals surface area (Å²) in [7, 11) is 0. The molecule has 1 nitrogen and oxygen atoms in total. The average Bonchev–Trinajstić information content (AvgIpc) is 3.36. The maximum absolute atomic E-state index is 6.57. The zero-order chi connectivity index (χ0) is 12.9. The van der Waals surface area contributed by atoms with Crippen LogP contribution in [-0.2, 0) is 5.41 Å². The van der Waals surface area contributed by atoms with Crippen LogP contribution in [0.5, 0.6) is 0 Å². The molecule has 2 N–H and O–H groups in total. The molecule has 2 aliphatic rings. The third-order valence-electron chi connectivity index (χ3n) is 5.02. The molecule has 19 heavy (non-hydrogen) atoms. The number of rotatable bonds is 3. The summed E-state index contributed by atoms with van der Waals surface area (Å²) >= 11 is 0. The predicted octanol–water partition coefficient (Wildman–Crippen LogP) is 3.88. The van der Waals surface area contributed by atoms with Crippen LogP contribution in [0.25, 0.3) is 11.1 Å². The molecule has 1 heteroatoms. The summed E-state index contributed by atoms with van der Waals surface area (Å²) in [6, 6.07) is 19.5. The van der Waals surface area contributed by atoms with Crippen molar-refractivity contribution in [3.63, 3.8) is 0 Å². The zero-order valence-electron chi connectivity index (χ0n) is 11.1. The van der Waals surface area contributed by atoms with E-state index in [1.54, 1.807) is 0 Å². The molecule has 0 amide bonds. The van der Waals surface area contributed by atoms with Crippen LogP contribution in [0, 0.1) is 0 Å². The first-order chi connectivity index (χ1) is 9.25. The Bertz CT molecular complexity index is 607. The lowest BCUT2D eigenvalue weighted by atomic mass is 9.81. The molecule has 0 heterocycles. The second-order valence-electron chi connectivity index (χ2n) is 6.15. The Hall–Kier alpha value is -1.60. The van der Waals surface area contributed by atoms with Crippen molar-refractivity contribution in [2.24, 2.45) is 5.73 Å². The average molecular weight is 249 g/mol. The van der Waals surface area contributed by atoms with Gasteiger partial charge in [-0.2, -0.15) is 0 Å². The summed E-state index contributed by atoms with van der Waals surface area (Å²) in [5, 5.41) is 0. The van der Waals surface area contributed by atoms with Gasteiger partial charge in [0.15, 0.2) is 0 Å². The van der Waals surface area contributed by atoms with Crippen molar-refractivity contribution in [1.29, 1.82) is 0 Å². The Labute approximate surface area is 114 Å². The lowest BCUT2D eigenvalue weighted by Gasteiger charge is -2.26. The molecule has 0 bridgehead atoms. The molecule has 0 radical (unpaired) electrons. The van der Waals surface area contributed by atoms with Gasteiger partial charge in [-0.05, 0) is 42.4 Å². The molecular weight excluding hydrogens is 230 g/mol. The van der Waals surface area contributed by atoms with Crippen LogP contribution in [0.15, 0.2) is 54.6 Å². The highest BCUT2D eigenvalue weighted by molar-refractivity contribution is 5.70. The number of hydrogen-bond acceptors (Lipinski definition) is 1. The van der Waals surface area contributed by atoms with Crippen molar-refractivity contribution < 1.29 is 0 Å². The van der Waals surface area contributed by atoms with Gasteiger partial charge in [-0.1, -0.05) is 54.6 Å². The molecule has 2 aromatic carbocycles. The van der Waals surface area contributed by atoms with Crippen LogP contribution in [0.3, 0.4) is 0 Å². The van der Waals surface area contributed by atoms with E-state index < -0.39 is 0 Å². The van der Waals surface area contributed by atoms with E-state index in [0.29, 0.717) is 0 Å². The third kappa shape index (κ3) is 1.58. The van der Waals surface area contributed by atoms with Gasteiger partial charge in [-0.3, -0.25) is 0 Å². The standard InChI is InChI=1S/C18H19N/c19-18(12-13-18)17(10-11-17)16-9-5-4-8-15(16)14-6-2-1-3-7-14/h1-9H,10-13,19H2. The fourth-order valence-corrected chi connectivity index (χ4v) is 3.54. The lowest BCUT2D eigenvalue weighted by Crippen LogP contribution is -2.37. The Balaban J connectivity index is 1.86. The van der Waals surface area contributed by atoms with Gasteiger partial charge in [0.25, 0.3) is 0 Å². The van der Waals surface area contributed by atoms with Crippen LogP contribution in [-0.4, -0.2) is 5.54 Å². The van der Waals surface area contributed by atoms with Crippen LogP contribution >= 0.6 is 0 Å². The molecule has 96 valence electrons. The van der Waals surface area contributed by atoms with Crippen molar-refractivity contribution in [1.82, 2.24) is 0 Å². The summed E-state index contributed by atoms with van der Waals surface area (Å²) < 4.78 is 0. The minimum Gasteiger partial charge on any atom is -0.324 e. The van der Waals surface area contributed by atoms with Gasteiger partial charge in [0.1, 0.15) is 0 Å². The maximum Gasteiger partial charge on any atom is 0.0253 e. The molecule has 0 spiro atoms. The number of hydrogen-bond donors (Lipinski definition) is 1. The molecule has 4 rings (SSSR count). The first-order valence-electron chi connectivity index (χ1n) is 7.19. The highest BCUT2D eigenvalue weighted by atomic mass is 14.9. The van der Waals surface area contributed by atoms with E-state index >= 15 is 0 Å². The fraction of sp³-hybridized carbons (Fsp3) is 0.333. The molecule has 0 unspecified atom stereocenters. The Morgan fingerprint density at radius 1 is 0.737 bits per heavy atom. The second kappa shape index (κ2) is 3.71. The van der Waals surface area contributed by atoms with E-state index in [9.17, 15) is 0 Å². The molecule has 0 aliphatic heterocycles. The van der Waals surface area contributed by atoms with Crippen molar-refractivity contribution in [2.75, 3.05) is 0 Å². The third-order valence-corrected chi connectivity index (χ3v) is 5.02. The maximum atomic E-state index is 6.57. The quantitative estimate of drug-likeness (QED) is 0.877. The van der Waals surface area contributed by atoms with E-state index in [0.717, 1.165) is 0 Å². The van der Waals surface area contributed by atoms with Gasteiger partial charge in [0.05, 0.1) is 0 Å². The molecule has 0 aromatic heterocycles. The molecule has 2 saturated carbocycles. The molecular formula is C18H19N. The highest BCUT2D eigenvalue weighted by Crippen LogP contribution is 2.64. The second-order valence-corrected chi connectivity index (χ2v) is 6.15. The van der Waals surface area contributed by atoms with Gasteiger partial charge in [-0.15, -0.1) is 0 Å². The van der Waals surface area contributed by atoms with Gasteiger partial charge in [0, 0.05) is 11.0 Å². The van der Waals surface area contributed by atoms with Crippen molar-refractivity contribution in [3.05, 3.63) is 60.2 Å². The molecule has 0 atom stereocenters. The van der Waals surface area contributed by atoms with E-state index in [1.807, 2.05) is 0 Å². The molecule has 2 fully saturated rings. The topological polar surface area (TPSA) is 26.0 Å². The predicted molar refractivity (Wildman–Crippen MR) is 78.9 cm³/mol. The lowest BCUT2D eigenvalue weighted by molar-refractivity contribution is 0.504. The van der Waals surface area contributed by atoms with Crippen LogP contribution in [0.4, 0.5) is 0 Å². The van der Waals surface area contributed by atoms with Gasteiger partial charge in [-0.25, -0.2) is 0 Å². The van der Waals surface area contributed by atoms with Crippen molar-refractivity contribution >= 4 is 0 Å². The van der Waals surface area contributed by atoms with Crippen LogP contribution in [0.1, 0.15) is 31.2 Å². The zero-order valence-corrected chi connectivity index (χ0v) is 11.1. The van der Waals surface area contributed by atoms with Crippen LogP contribution < -0.4 is 5.73 Å². The van der Waals surface area contributed by atoms with E-state index in [-0.39, 0.29) is 11.0 Å². The summed E-state index contributed by atoms with van der Waals surface area (Å²) in [5.74, 6) is 0. The summed E-state index contributed by atoms with van der Waals surface area (Å²) in [6.45, 7) is 0. The largest absolute Gasteiger partial charge is 0.324 e. The Morgan fingerprint density at radius 2 is 1.37 bits per heavy atom. The Morgan fingerprint density at radius 3 is 2.00 bits per heavy atom. The number of nitrogens with two attached hydrogens (primary N) is 1. The first-order valence-corrected chi connectivity index (χ1v) is 7.19. The van der Waals surface area contributed by atoms with Crippen LogP contribution in [0.2, 0.25) is 0 Å². The summed E-state index contributed by atoms with van der Waals surface area (Å²) in [6.07, 6.45) is 4.90. The summed E-state index contributed by atoms with van der Waals surface area (Å²) in [4.78, 5) is 0. The van der Waals surface area contributed by atoms with Gasteiger partial charge >= 0.3 is 0 Å². The fourth-order valence-electron chi connectivity index (χ4n) is 3.54. The van der Waals surface area contributed by atoms with Crippen molar-refractivity contribution in [2.45, 2.75) is 36.6 Å². The minimum absolute atomic E-state index is 0.0812. The highest BCUT2D eigenvalue weighted by Gasteiger charge is 2.64. The van der Waals surface area contributed by atoms with Gasteiger partial charge in [0.2, 0.25) is 0 Å². The SMILES string of the molecule is NC1(C2(c3ccccc3-c3ccccc3)CC2)CC1. The smallest absolute Gasteiger partial charge is 0.0253 e. The number of benzene rings is 2. The van der Waals surface area contributed by atoms with Crippen molar-refractivity contribution in [3.8, 4) is 11.1 Å². The van der Waals surface area contributed by atoms with Gasteiger partial charge < -0.3 is 5.73 Å². The van der Waals surface area contributed by atoms with E-state index in [4.69, 9.17) is 5.73 Å². The molecule has 2 aromatic rings. The molecule has 0 saturated heterocycles. The monoisotopic (exact) mass is 249 g/mol. The molecule has 2 aliphatic carbocycles. The minimum atomic E-state index is 0.0812. The normalized spacial score (nSPS) is 21.9. The summed E-state index contributed by atoms with van der Waals surface area (Å²) in [5.41, 5.74) is 11.1. The van der Waals surface area contributed by atoms with E-state index in [1.165, 1.54) is 42.4 Å². The Kier molecular flexibility index (Phi) is 2.19. The van der Waals surface area contributed by atoms with E-state index in [2.05, 4.69) is 54.6 Å².